The fourth-order valence-electron chi connectivity index (χ4n) is 2.05. The largest absolute Gasteiger partial charge is 0.271 e. The first-order valence-corrected chi connectivity index (χ1v) is 6.86. The summed E-state index contributed by atoms with van der Waals surface area (Å²) in [5.41, 5.74) is 0. The molecule has 6 heteroatoms. The molecule has 1 aliphatic heterocycles. The first kappa shape index (κ1) is 10.6. The number of hydrogen-bond acceptors (Lipinski definition) is 3. The summed E-state index contributed by atoms with van der Waals surface area (Å²) in [7, 11) is -3.06. The van der Waals surface area contributed by atoms with Crippen LogP contribution in [-0.2, 0) is 16.6 Å². The zero-order valence-electron chi connectivity index (χ0n) is 8.70. The minimum Gasteiger partial charge on any atom is -0.271 e. The van der Waals surface area contributed by atoms with Crippen molar-refractivity contribution in [1.82, 2.24) is 14.1 Å². The molecule has 0 radical (unpaired) electrons. The maximum atomic E-state index is 11.5. The molecule has 0 spiro atoms. The second-order valence-electron chi connectivity index (χ2n) is 3.90. The maximum absolute atomic E-state index is 11.5. The summed E-state index contributed by atoms with van der Waals surface area (Å²) in [6.07, 6.45) is 6.71. The van der Waals surface area contributed by atoms with Crippen LogP contribution in [0.5, 0.6) is 0 Å². The summed E-state index contributed by atoms with van der Waals surface area (Å²) in [5, 5.41) is 4.09. The molecule has 1 aromatic heterocycles. The van der Waals surface area contributed by atoms with E-state index in [0.717, 1.165) is 12.8 Å². The topological polar surface area (TPSA) is 55.2 Å². The van der Waals surface area contributed by atoms with Gasteiger partial charge in [0.15, 0.2) is 0 Å². The Morgan fingerprint density at radius 2 is 2.33 bits per heavy atom. The first-order chi connectivity index (χ1) is 7.07. The second kappa shape index (κ2) is 3.94. The van der Waals surface area contributed by atoms with Crippen LogP contribution in [0.3, 0.4) is 0 Å². The van der Waals surface area contributed by atoms with Crippen molar-refractivity contribution in [1.29, 1.82) is 0 Å². The van der Waals surface area contributed by atoms with Crippen molar-refractivity contribution < 1.29 is 8.42 Å². The average molecular weight is 229 g/mol. The van der Waals surface area contributed by atoms with Crippen LogP contribution >= 0.6 is 0 Å². The van der Waals surface area contributed by atoms with Gasteiger partial charge in [0.1, 0.15) is 0 Å². The van der Waals surface area contributed by atoms with Crippen LogP contribution < -0.4 is 0 Å². The Morgan fingerprint density at radius 3 is 2.93 bits per heavy atom. The quantitative estimate of drug-likeness (QED) is 0.749. The van der Waals surface area contributed by atoms with Crippen LogP contribution in [0.1, 0.15) is 12.8 Å². The molecule has 0 N–H and O–H groups in total. The normalized spacial score (nSPS) is 23.4. The molecule has 2 rings (SSSR count). The van der Waals surface area contributed by atoms with Crippen molar-refractivity contribution in [3.05, 3.63) is 18.5 Å². The van der Waals surface area contributed by atoms with E-state index < -0.39 is 10.0 Å². The molecule has 1 atom stereocenters. The van der Waals surface area contributed by atoms with Crippen molar-refractivity contribution >= 4 is 10.0 Å². The van der Waals surface area contributed by atoms with Crippen molar-refractivity contribution in [3.63, 3.8) is 0 Å². The molecule has 0 saturated carbocycles. The summed E-state index contributed by atoms with van der Waals surface area (Å²) in [4.78, 5) is 0. The Bertz CT molecular complexity index is 413. The summed E-state index contributed by atoms with van der Waals surface area (Å²) >= 11 is 0. The number of hydrogen-bond donors (Lipinski definition) is 0. The Hall–Kier alpha value is -0.880. The highest BCUT2D eigenvalue weighted by Gasteiger charge is 2.31. The molecule has 15 heavy (non-hydrogen) atoms. The van der Waals surface area contributed by atoms with E-state index in [2.05, 4.69) is 5.10 Å². The standard InChI is InChI=1S/C9H15N3O2S/c1-15(13,14)12-7-2-4-9(12)8-11-6-3-5-10-11/h3,5-6,9H,2,4,7-8H2,1H3/t9-/m1/s1. The Morgan fingerprint density at radius 1 is 1.53 bits per heavy atom. The van der Waals surface area contributed by atoms with Gasteiger partial charge >= 0.3 is 0 Å². The molecular formula is C9H15N3O2S. The van der Waals surface area contributed by atoms with E-state index >= 15 is 0 Å². The Balaban J connectivity index is 2.09. The molecule has 1 saturated heterocycles. The van der Waals surface area contributed by atoms with Gasteiger partial charge in [-0.1, -0.05) is 0 Å². The Labute approximate surface area is 89.7 Å². The number of nitrogens with zero attached hydrogens (tertiary/aromatic N) is 3. The lowest BCUT2D eigenvalue weighted by Gasteiger charge is -2.21. The van der Waals surface area contributed by atoms with Crippen molar-refractivity contribution in [2.75, 3.05) is 12.8 Å². The van der Waals surface area contributed by atoms with Gasteiger partial charge in [-0.2, -0.15) is 9.40 Å². The fraction of sp³-hybridized carbons (Fsp3) is 0.667. The van der Waals surface area contributed by atoms with E-state index in [4.69, 9.17) is 0 Å². The third-order valence-electron chi connectivity index (χ3n) is 2.71. The minimum atomic E-state index is -3.06. The molecule has 0 bridgehead atoms. The zero-order valence-corrected chi connectivity index (χ0v) is 9.52. The van der Waals surface area contributed by atoms with Gasteiger partial charge in [-0.25, -0.2) is 8.42 Å². The molecule has 2 heterocycles. The highest BCUT2D eigenvalue weighted by molar-refractivity contribution is 7.88. The van der Waals surface area contributed by atoms with Crippen LogP contribution in [0, 0.1) is 0 Å². The third-order valence-corrected chi connectivity index (χ3v) is 4.04. The van der Waals surface area contributed by atoms with Crippen LogP contribution in [0.15, 0.2) is 18.5 Å². The maximum Gasteiger partial charge on any atom is 0.211 e. The van der Waals surface area contributed by atoms with Crippen molar-refractivity contribution in [2.45, 2.75) is 25.4 Å². The van der Waals surface area contributed by atoms with Gasteiger partial charge in [0, 0.05) is 25.0 Å². The van der Waals surface area contributed by atoms with Crippen LogP contribution in [-0.4, -0.2) is 41.3 Å². The summed E-state index contributed by atoms with van der Waals surface area (Å²) in [5.74, 6) is 0. The molecule has 0 aliphatic carbocycles. The summed E-state index contributed by atoms with van der Waals surface area (Å²) < 4.78 is 26.3. The molecular weight excluding hydrogens is 214 g/mol. The van der Waals surface area contributed by atoms with Gasteiger partial charge in [0.2, 0.25) is 10.0 Å². The lowest BCUT2D eigenvalue weighted by Crippen LogP contribution is -2.37. The number of sulfonamides is 1. The zero-order chi connectivity index (χ0) is 10.9. The highest BCUT2D eigenvalue weighted by atomic mass is 32.2. The third kappa shape index (κ3) is 2.38. The number of aromatic nitrogens is 2. The van der Waals surface area contributed by atoms with Gasteiger partial charge in [-0.05, 0) is 18.9 Å². The average Bonchev–Trinajstić information content (AvgIpc) is 2.73. The number of rotatable bonds is 3. The van der Waals surface area contributed by atoms with Gasteiger partial charge in [-0.3, -0.25) is 4.68 Å². The van der Waals surface area contributed by atoms with Gasteiger partial charge < -0.3 is 0 Å². The van der Waals surface area contributed by atoms with E-state index in [1.807, 2.05) is 12.3 Å². The molecule has 0 amide bonds. The molecule has 1 aromatic rings. The molecule has 1 fully saturated rings. The second-order valence-corrected chi connectivity index (χ2v) is 5.83. The fourth-order valence-corrected chi connectivity index (χ4v) is 3.23. The summed E-state index contributed by atoms with van der Waals surface area (Å²) in [6.45, 7) is 1.30. The SMILES string of the molecule is CS(=O)(=O)N1CCC[C@@H]1Cn1cccn1. The molecule has 1 aliphatic rings. The first-order valence-electron chi connectivity index (χ1n) is 5.01. The van der Waals surface area contributed by atoms with E-state index in [1.165, 1.54) is 6.26 Å². The van der Waals surface area contributed by atoms with Crippen molar-refractivity contribution in [3.8, 4) is 0 Å². The van der Waals surface area contributed by atoms with Crippen LogP contribution in [0.2, 0.25) is 0 Å². The van der Waals surface area contributed by atoms with E-state index in [-0.39, 0.29) is 6.04 Å². The lowest BCUT2D eigenvalue weighted by molar-refractivity contribution is 0.343. The van der Waals surface area contributed by atoms with Crippen LogP contribution in [0.4, 0.5) is 0 Å². The predicted molar refractivity (Wildman–Crippen MR) is 56.8 cm³/mol. The lowest BCUT2D eigenvalue weighted by atomic mass is 10.2. The molecule has 5 nitrogen and oxygen atoms in total. The summed E-state index contributed by atoms with van der Waals surface area (Å²) in [6, 6.07) is 1.92. The monoisotopic (exact) mass is 229 g/mol. The highest BCUT2D eigenvalue weighted by Crippen LogP contribution is 2.21. The van der Waals surface area contributed by atoms with Gasteiger partial charge in [-0.15, -0.1) is 0 Å². The minimum absolute atomic E-state index is 0.0694. The van der Waals surface area contributed by atoms with Crippen LogP contribution in [0.25, 0.3) is 0 Å². The molecule has 84 valence electrons. The van der Waals surface area contributed by atoms with E-state index in [9.17, 15) is 8.42 Å². The van der Waals surface area contributed by atoms with E-state index in [1.54, 1.807) is 15.2 Å². The van der Waals surface area contributed by atoms with Gasteiger partial charge in [0.25, 0.3) is 0 Å². The predicted octanol–water partition coefficient (Wildman–Crippen LogP) is 0.307. The molecule has 0 aromatic carbocycles. The smallest absolute Gasteiger partial charge is 0.211 e. The van der Waals surface area contributed by atoms with E-state index in [0.29, 0.717) is 13.1 Å². The Kier molecular flexibility index (Phi) is 2.79. The van der Waals surface area contributed by atoms with Gasteiger partial charge in [0.05, 0.1) is 12.8 Å². The van der Waals surface area contributed by atoms with Crippen molar-refractivity contribution in [2.24, 2.45) is 0 Å². The molecule has 0 unspecified atom stereocenters.